The second-order valence-electron chi connectivity index (χ2n) is 7.47. The van der Waals surface area contributed by atoms with Crippen molar-refractivity contribution >= 4 is 57.5 Å². The van der Waals surface area contributed by atoms with Crippen LogP contribution in [0.1, 0.15) is 18.1 Å². The summed E-state index contributed by atoms with van der Waals surface area (Å²) in [7, 11) is 0. The minimum atomic E-state index is -0.242. The Morgan fingerprint density at radius 3 is 2.52 bits per heavy atom. The van der Waals surface area contributed by atoms with Gasteiger partial charge in [0.2, 0.25) is 5.91 Å². The Morgan fingerprint density at radius 2 is 1.79 bits per heavy atom. The topological polar surface area (TPSA) is 64.0 Å². The largest absolute Gasteiger partial charge is 0.325 e. The fraction of sp³-hybridized carbons (Fsp3) is 0.160. The van der Waals surface area contributed by atoms with Gasteiger partial charge < -0.3 is 5.32 Å². The van der Waals surface area contributed by atoms with E-state index in [9.17, 15) is 9.59 Å². The van der Waals surface area contributed by atoms with Crippen molar-refractivity contribution in [1.82, 2.24) is 9.55 Å². The van der Waals surface area contributed by atoms with E-state index in [0.29, 0.717) is 31.8 Å². The molecule has 8 heteroatoms. The van der Waals surface area contributed by atoms with Crippen molar-refractivity contribution in [3.8, 4) is 5.69 Å². The molecule has 168 valence electrons. The van der Waals surface area contributed by atoms with Crippen LogP contribution in [0, 0.1) is 6.92 Å². The van der Waals surface area contributed by atoms with Gasteiger partial charge in [-0.1, -0.05) is 60.1 Å². The zero-order valence-electron chi connectivity index (χ0n) is 18.1. The number of thioether (sulfide) groups is 1. The zero-order chi connectivity index (χ0) is 23.5. The van der Waals surface area contributed by atoms with Crippen LogP contribution in [-0.4, -0.2) is 21.2 Å². The number of para-hydroxylation sites is 1. The predicted molar refractivity (Wildman–Crippen MR) is 137 cm³/mol. The summed E-state index contributed by atoms with van der Waals surface area (Å²) in [5, 5.41) is 4.90. The van der Waals surface area contributed by atoms with Crippen LogP contribution in [0.2, 0.25) is 10.0 Å². The van der Waals surface area contributed by atoms with Gasteiger partial charge in [-0.2, -0.15) is 0 Å². The number of hydrogen-bond donors (Lipinski definition) is 1. The molecule has 1 heterocycles. The Bertz CT molecular complexity index is 1400. The number of aryl methyl sites for hydroxylation is 2. The summed E-state index contributed by atoms with van der Waals surface area (Å²) >= 11 is 13.3. The van der Waals surface area contributed by atoms with Gasteiger partial charge >= 0.3 is 0 Å². The quantitative estimate of drug-likeness (QED) is 0.251. The van der Waals surface area contributed by atoms with Crippen LogP contribution in [0.4, 0.5) is 5.69 Å². The van der Waals surface area contributed by atoms with E-state index in [1.165, 1.54) is 16.3 Å². The summed E-state index contributed by atoms with van der Waals surface area (Å²) in [6, 6.07) is 17.8. The Balaban J connectivity index is 1.69. The van der Waals surface area contributed by atoms with Gasteiger partial charge in [-0.05, 0) is 66.9 Å². The highest BCUT2D eigenvalue weighted by Crippen LogP contribution is 2.25. The number of hydrogen-bond acceptors (Lipinski definition) is 4. The molecule has 5 nitrogen and oxygen atoms in total. The van der Waals surface area contributed by atoms with Gasteiger partial charge in [0.1, 0.15) is 0 Å². The fourth-order valence-corrected chi connectivity index (χ4v) is 4.67. The number of aromatic nitrogens is 2. The molecule has 1 amide bonds. The first-order valence-electron chi connectivity index (χ1n) is 10.4. The molecule has 0 radical (unpaired) electrons. The molecule has 33 heavy (non-hydrogen) atoms. The molecule has 0 bridgehead atoms. The van der Waals surface area contributed by atoms with Crippen molar-refractivity contribution in [3.63, 3.8) is 0 Å². The number of carbonyl (C=O) groups is 1. The monoisotopic (exact) mass is 497 g/mol. The van der Waals surface area contributed by atoms with Gasteiger partial charge in [-0.3, -0.25) is 14.2 Å². The number of benzene rings is 3. The van der Waals surface area contributed by atoms with Crippen LogP contribution in [0.3, 0.4) is 0 Å². The highest BCUT2D eigenvalue weighted by atomic mass is 35.5. The second-order valence-corrected chi connectivity index (χ2v) is 9.29. The van der Waals surface area contributed by atoms with Crippen molar-refractivity contribution < 1.29 is 4.79 Å². The van der Waals surface area contributed by atoms with E-state index in [1.54, 1.807) is 42.5 Å². The Morgan fingerprint density at radius 1 is 1.06 bits per heavy atom. The van der Waals surface area contributed by atoms with Crippen LogP contribution in [0.25, 0.3) is 16.6 Å². The molecular weight excluding hydrogens is 477 g/mol. The van der Waals surface area contributed by atoms with Crippen molar-refractivity contribution in [1.29, 1.82) is 0 Å². The molecule has 0 aliphatic heterocycles. The van der Waals surface area contributed by atoms with E-state index >= 15 is 0 Å². The summed E-state index contributed by atoms with van der Waals surface area (Å²) < 4.78 is 1.50. The molecule has 0 aliphatic carbocycles. The molecule has 0 unspecified atom stereocenters. The molecule has 0 spiro atoms. The van der Waals surface area contributed by atoms with Crippen molar-refractivity contribution in [2.75, 3.05) is 11.1 Å². The number of halogens is 2. The summed E-state index contributed by atoms with van der Waals surface area (Å²) in [5.74, 6) is -0.0871. The third-order valence-corrected chi connectivity index (χ3v) is 6.65. The van der Waals surface area contributed by atoms with E-state index in [0.717, 1.165) is 23.2 Å². The summed E-state index contributed by atoms with van der Waals surface area (Å²) in [5.41, 5.74) is 3.76. The van der Waals surface area contributed by atoms with E-state index < -0.39 is 0 Å². The molecule has 0 saturated carbocycles. The third kappa shape index (κ3) is 5.08. The number of nitrogens with one attached hydrogen (secondary N) is 1. The number of amides is 1. The first-order valence-corrected chi connectivity index (χ1v) is 12.1. The molecule has 1 N–H and O–H groups in total. The summed E-state index contributed by atoms with van der Waals surface area (Å²) in [6.07, 6.45) is 0.813. The van der Waals surface area contributed by atoms with Crippen molar-refractivity contribution in [2.24, 2.45) is 0 Å². The van der Waals surface area contributed by atoms with E-state index in [4.69, 9.17) is 23.2 Å². The minimum absolute atomic E-state index is 0.0869. The lowest BCUT2D eigenvalue weighted by molar-refractivity contribution is -0.113. The number of anilines is 1. The molecule has 4 rings (SSSR count). The smallest absolute Gasteiger partial charge is 0.266 e. The van der Waals surface area contributed by atoms with Crippen LogP contribution in [0.5, 0.6) is 0 Å². The maximum atomic E-state index is 13.3. The SMILES string of the molecule is CCc1cccc(C)c1NC(=O)CSc1nc2cc(Cl)ccc2c(=O)n1-c1ccc(Cl)cc1. The normalized spacial score (nSPS) is 11.0. The van der Waals surface area contributed by atoms with Gasteiger partial charge in [0, 0.05) is 15.7 Å². The first kappa shape index (κ1) is 23.4. The molecule has 4 aromatic rings. The van der Waals surface area contributed by atoms with Gasteiger partial charge in [-0.25, -0.2) is 4.98 Å². The molecule has 0 fully saturated rings. The third-order valence-electron chi connectivity index (χ3n) is 5.22. The van der Waals surface area contributed by atoms with Crippen molar-refractivity contribution in [3.05, 3.63) is 92.2 Å². The number of carbonyl (C=O) groups excluding carboxylic acids is 1. The van der Waals surface area contributed by atoms with Crippen LogP contribution < -0.4 is 10.9 Å². The molecule has 0 aliphatic rings. The van der Waals surface area contributed by atoms with Crippen molar-refractivity contribution in [2.45, 2.75) is 25.4 Å². The highest BCUT2D eigenvalue weighted by molar-refractivity contribution is 7.99. The minimum Gasteiger partial charge on any atom is -0.325 e. The van der Waals surface area contributed by atoms with E-state index in [2.05, 4.69) is 10.3 Å². The lowest BCUT2D eigenvalue weighted by Gasteiger charge is -2.15. The molecule has 0 saturated heterocycles. The van der Waals surface area contributed by atoms with E-state index in [-0.39, 0.29) is 17.2 Å². The summed E-state index contributed by atoms with van der Waals surface area (Å²) in [4.78, 5) is 30.8. The Hall–Kier alpha value is -2.80. The first-order chi connectivity index (χ1) is 15.9. The maximum Gasteiger partial charge on any atom is 0.266 e. The highest BCUT2D eigenvalue weighted by Gasteiger charge is 2.16. The van der Waals surface area contributed by atoms with Gasteiger partial charge in [0.25, 0.3) is 5.56 Å². The standard InChI is InChI=1S/C25H21Cl2N3O2S/c1-3-16-6-4-5-15(2)23(16)29-22(31)14-33-25-28-21-13-18(27)9-12-20(21)24(32)30(25)19-10-7-17(26)8-11-19/h4-13H,3,14H2,1-2H3,(H,29,31). The van der Waals surface area contributed by atoms with Crippen LogP contribution in [-0.2, 0) is 11.2 Å². The fourth-order valence-electron chi connectivity index (χ4n) is 3.56. The molecule has 3 aromatic carbocycles. The number of fused-ring (bicyclic) bond motifs is 1. The zero-order valence-corrected chi connectivity index (χ0v) is 20.4. The lowest BCUT2D eigenvalue weighted by Crippen LogP contribution is -2.23. The second kappa shape index (κ2) is 10.00. The molecule has 0 atom stereocenters. The number of rotatable bonds is 6. The predicted octanol–water partition coefficient (Wildman–Crippen LogP) is 6.29. The average Bonchev–Trinajstić information content (AvgIpc) is 2.79. The van der Waals surface area contributed by atoms with Gasteiger partial charge in [0.15, 0.2) is 5.16 Å². The van der Waals surface area contributed by atoms with Crippen LogP contribution in [0.15, 0.2) is 70.6 Å². The molecule has 1 aromatic heterocycles. The molecular formula is C25H21Cl2N3O2S. The Kier molecular flexibility index (Phi) is 7.08. The average molecular weight is 498 g/mol. The lowest BCUT2D eigenvalue weighted by atomic mass is 10.1. The summed E-state index contributed by atoms with van der Waals surface area (Å²) in [6.45, 7) is 4.02. The van der Waals surface area contributed by atoms with Gasteiger partial charge in [-0.15, -0.1) is 0 Å². The van der Waals surface area contributed by atoms with E-state index in [1.807, 2.05) is 32.0 Å². The van der Waals surface area contributed by atoms with Gasteiger partial charge in [0.05, 0.1) is 22.3 Å². The van der Waals surface area contributed by atoms with Crippen LogP contribution >= 0.6 is 35.0 Å². The maximum absolute atomic E-state index is 13.3. The number of nitrogens with zero attached hydrogens (tertiary/aromatic N) is 2. The Labute approximate surface area is 205 Å².